The molecule has 3 aromatic rings. The molecule has 0 amide bonds. The minimum atomic E-state index is -3.57. The summed E-state index contributed by atoms with van der Waals surface area (Å²) in [6, 6.07) is 12.1. The summed E-state index contributed by atoms with van der Waals surface area (Å²) < 4.78 is 44.8. The van der Waals surface area contributed by atoms with Gasteiger partial charge in [0.25, 0.3) is 0 Å². The van der Waals surface area contributed by atoms with Gasteiger partial charge in [0.15, 0.2) is 0 Å². The maximum atomic E-state index is 12.8. The fraction of sp³-hybridized carbons (Fsp3) is 0.417. The van der Waals surface area contributed by atoms with Gasteiger partial charge in [-0.2, -0.15) is 4.31 Å². The van der Waals surface area contributed by atoms with Crippen molar-refractivity contribution in [2.24, 2.45) is 7.05 Å². The van der Waals surface area contributed by atoms with Gasteiger partial charge in [0.05, 0.1) is 29.5 Å². The van der Waals surface area contributed by atoms with Gasteiger partial charge in [-0.3, -0.25) is 4.79 Å². The number of aryl methyl sites for hydroxylation is 2. The summed E-state index contributed by atoms with van der Waals surface area (Å²) in [5, 5.41) is 0. The third-order valence-corrected chi connectivity index (χ3v) is 7.56. The molecule has 0 aliphatic heterocycles. The maximum absolute atomic E-state index is 12.8. The van der Waals surface area contributed by atoms with Gasteiger partial charge in [-0.25, -0.2) is 13.4 Å². The summed E-state index contributed by atoms with van der Waals surface area (Å²) in [5.41, 5.74) is 1.38. The van der Waals surface area contributed by atoms with Crippen LogP contribution in [0.1, 0.15) is 26.1 Å². The fourth-order valence-electron chi connectivity index (χ4n) is 3.60. The Hall–Kier alpha value is -3.11. The molecule has 0 aliphatic rings. The van der Waals surface area contributed by atoms with Crippen LogP contribution in [0.25, 0.3) is 11.0 Å². The minimum absolute atomic E-state index is 0.139. The Morgan fingerprint density at radius 1 is 1.03 bits per heavy atom. The number of fused-ring (bicyclic) bond motifs is 1. The van der Waals surface area contributed by atoms with Gasteiger partial charge in [0.1, 0.15) is 30.5 Å². The summed E-state index contributed by atoms with van der Waals surface area (Å²) >= 11 is 0. The Morgan fingerprint density at radius 3 is 2.35 bits per heavy atom. The second kappa shape index (κ2) is 11.3. The lowest BCUT2D eigenvalue weighted by molar-refractivity contribution is -0.144. The van der Waals surface area contributed by atoms with Gasteiger partial charge in [0, 0.05) is 26.6 Å². The van der Waals surface area contributed by atoms with Crippen LogP contribution < -0.4 is 9.47 Å². The van der Waals surface area contributed by atoms with Crippen LogP contribution in [0.15, 0.2) is 47.4 Å². The quantitative estimate of drug-likeness (QED) is 0.285. The van der Waals surface area contributed by atoms with Crippen LogP contribution in [0.3, 0.4) is 0 Å². The van der Waals surface area contributed by atoms with Crippen LogP contribution in [-0.4, -0.2) is 61.7 Å². The number of esters is 1. The van der Waals surface area contributed by atoms with Crippen molar-refractivity contribution in [1.29, 1.82) is 0 Å². The Bertz CT molecular complexity index is 1220. The number of ether oxygens (including phenoxy) is 3. The molecule has 184 valence electrons. The minimum Gasteiger partial charge on any atom is -0.497 e. The first kappa shape index (κ1) is 25.5. The number of carbonyl (C=O) groups is 1. The highest BCUT2D eigenvalue weighted by molar-refractivity contribution is 7.89. The third-order valence-electron chi connectivity index (χ3n) is 5.52. The molecule has 0 N–H and O–H groups in total. The van der Waals surface area contributed by atoms with Gasteiger partial charge in [0.2, 0.25) is 10.0 Å². The zero-order valence-corrected chi connectivity index (χ0v) is 20.8. The first-order valence-electron chi connectivity index (χ1n) is 11.2. The molecule has 9 nitrogen and oxygen atoms in total. The lowest BCUT2D eigenvalue weighted by Crippen LogP contribution is -2.30. The monoisotopic (exact) mass is 489 g/mol. The first-order valence-corrected chi connectivity index (χ1v) is 12.6. The topological polar surface area (TPSA) is 100.0 Å². The Balaban J connectivity index is 1.55. The third kappa shape index (κ3) is 5.87. The SMILES string of the molecule is CCN(CC)S(=O)(=O)c1ccc2c(c1)nc(CCC(=O)OCCOc1ccc(OC)cc1)n2C. The molecule has 0 spiro atoms. The average Bonchev–Trinajstić information content (AvgIpc) is 3.16. The van der Waals surface area contributed by atoms with E-state index in [-0.39, 0.29) is 30.5 Å². The van der Waals surface area contributed by atoms with Crippen molar-refractivity contribution in [1.82, 2.24) is 13.9 Å². The van der Waals surface area contributed by atoms with E-state index in [4.69, 9.17) is 14.2 Å². The van der Waals surface area contributed by atoms with E-state index in [1.165, 1.54) is 4.31 Å². The smallest absolute Gasteiger partial charge is 0.306 e. The Kier molecular flexibility index (Phi) is 8.51. The number of imidazole rings is 1. The highest BCUT2D eigenvalue weighted by Crippen LogP contribution is 2.23. The molecule has 0 saturated heterocycles. The molecule has 3 rings (SSSR count). The Labute approximate surface area is 200 Å². The van der Waals surface area contributed by atoms with Crippen molar-refractivity contribution < 1.29 is 27.4 Å². The number of nitrogens with zero attached hydrogens (tertiary/aromatic N) is 3. The van der Waals surface area contributed by atoms with Crippen LogP contribution in [0.4, 0.5) is 0 Å². The Morgan fingerprint density at radius 2 is 1.71 bits per heavy atom. The highest BCUT2D eigenvalue weighted by Gasteiger charge is 2.22. The van der Waals surface area contributed by atoms with Crippen molar-refractivity contribution in [3.05, 3.63) is 48.3 Å². The van der Waals surface area contributed by atoms with Crippen molar-refractivity contribution in [3.8, 4) is 11.5 Å². The average molecular weight is 490 g/mol. The van der Waals surface area contributed by atoms with Gasteiger partial charge < -0.3 is 18.8 Å². The molecule has 0 unspecified atom stereocenters. The summed E-state index contributed by atoms with van der Waals surface area (Å²) in [7, 11) is -0.127. The number of aromatic nitrogens is 2. The van der Waals surface area contributed by atoms with Crippen molar-refractivity contribution >= 4 is 27.0 Å². The van der Waals surface area contributed by atoms with E-state index in [1.807, 2.05) is 25.5 Å². The summed E-state index contributed by atoms with van der Waals surface area (Å²) in [6.07, 6.45) is 0.534. The number of hydrogen-bond acceptors (Lipinski definition) is 7. The summed E-state index contributed by atoms with van der Waals surface area (Å²) in [4.78, 5) is 16.9. The molecule has 0 atom stereocenters. The molecule has 2 aromatic carbocycles. The molecule has 0 fully saturated rings. The number of benzene rings is 2. The van der Waals surface area contributed by atoms with Crippen molar-refractivity contribution in [2.75, 3.05) is 33.4 Å². The van der Waals surface area contributed by atoms with E-state index in [2.05, 4.69) is 4.98 Å². The van der Waals surface area contributed by atoms with E-state index >= 15 is 0 Å². The molecule has 10 heteroatoms. The predicted octanol–water partition coefficient (Wildman–Crippen LogP) is 3.17. The standard InChI is InChI=1S/C24H31N3O6S/c1-5-27(6-2)34(29,30)20-11-12-22-21(17-20)25-23(26(22)3)13-14-24(28)33-16-15-32-19-9-7-18(31-4)8-10-19/h7-12,17H,5-6,13-16H2,1-4H3. The van der Waals surface area contributed by atoms with E-state index in [0.717, 1.165) is 11.3 Å². The normalized spacial score (nSPS) is 11.7. The zero-order valence-electron chi connectivity index (χ0n) is 20.0. The lowest BCUT2D eigenvalue weighted by Gasteiger charge is -2.18. The second-order valence-electron chi connectivity index (χ2n) is 7.57. The number of sulfonamides is 1. The van der Waals surface area contributed by atoms with Crippen LogP contribution in [0.5, 0.6) is 11.5 Å². The van der Waals surface area contributed by atoms with E-state index in [9.17, 15) is 13.2 Å². The molecule has 34 heavy (non-hydrogen) atoms. The van der Waals surface area contributed by atoms with Gasteiger partial charge in [-0.05, 0) is 42.5 Å². The molecular weight excluding hydrogens is 458 g/mol. The van der Waals surface area contributed by atoms with Gasteiger partial charge in [-0.1, -0.05) is 13.8 Å². The van der Waals surface area contributed by atoms with Crippen molar-refractivity contribution in [3.63, 3.8) is 0 Å². The molecule has 1 heterocycles. The van der Waals surface area contributed by atoms with Crippen LogP contribution in [0.2, 0.25) is 0 Å². The molecular formula is C24H31N3O6S. The maximum Gasteiger partial charge on any atom is 0.306 e. The lowest BCUT2D eigenvalue weighted by atomic mass is 10.3. The number of hydrogen-bond donors (Lipinski definition) is 0. The number of carbonyl (C=O) groups excluding carboxylic acids is 1. The molecule has 0 aliphatic carbocycles. The highest BCUT2D eigenvalue weighted by atomic mass is 32.2. The van der Waals surface area contributed by atoms with Crippen LogP contribution >= 0.6 is 0 Å². The molecule has 0 bridgehead atoms. The summed E-state index contributed by atoms with van der Waals surface area (Å²) in [6.45, 7) is 4.80. The van der Waals surface area contributed by atoms with Gasteiger partial charge in [-0.15, -0.1) is 0 Å². The second-order valence-corrected chi connectivity index (χ2v) is 9.51. The largest absolute Gasteiger partial charge is 0.497 e. The molecule has 0 radical (unpaired) electrons. The molecule has 0 saturated carbocycles. The predicted molar refractivity (Wildman–Crippen MR) is 129 cm³/mol. The van der Waals surface area contributed by atoms with E-state index in [0.29, 0.717) is 36.6 Å². The first-order chi connectivity index (χ1) is 16.3. The van der Waals surface area contributed by atoms with Crippen LogP contribution in [-0.2, 0) is 33.0 Å². The van der Waals surface area contributed by atoms with E-state index < -0.39 is 10.0 Å². The van der Waals surface area contributed by atoms with Crippen LogP contribution in [0, 0.1) is 0 Å². The van der Waals surface area contributed by atoms with Crippen molar-refractivity contribution in [2.45, 2.75) is 31.6 Å². The van der Waals surface area contributed by atoms with Gasteiger partial charge >= 0.3 is 5.97 Å². The summed E-state index contributed by atoms with van der Waals surface area (Å²) in [5.74, 6) is 1.73. The zero-order chi connectivity index (χ0) is 24.7. The number of rotatable bonds is 12. The van der Waals surface area contributed by atoms with E-state index in [1.54, 1.807) is 49.6 Å². The number of methoxy groups -OCH3 is 1. The molecule has 1 aromatic heterocycles. The fourth-order valence-corrected chi connectivity index (χ4v) is 5.08.